The minimum Gasteiger partial charge on any atom is -0.497 e. The van der Waals surface area contributed by atoms with Crippen molar-refractivity contribution in [2.24, 2.45) is 5.73 Å². The molecule has 3 aromatic rings. The van der Waals surface area contributed by atoms with Crippen molar-refractivity contribution in [2.45, 2.75) is 50.7 Å². The molecule has 0 radical (unpaired) electrons. The molecule has 1 aliphatic rings. The topological polar surface area (TPSA) is 141 Å². The lowest BCUT2D eigenvalue weighted by molar-refractivity contribution is -0.127. The number of anilines is 1. The highest BCUT2D eigenvalue weighted by Crippen LogP contribution is 2.31. The highest BCUT2D eigenvalue weighted by Gasteiger charge is 2.36. The van der Waals surface area contributed by atoms with Crippen LogP contribution in [0.2, 0.25) is 0 Å². The SMILES string of the molecule is COc1ccc([C@@H](C(=O)NC2CCCCC2)N(Cc2ccc(F)cc2)C(=O)c2snc(C(N)=O)c2N)cc1. The quantitative estimate of drug-likeness (QED) is 0.378. The third-order valence-corrected chi connectivity index (χ3v) is 7.48. The van der Waals surface area contributed by atoms with Gasteiger partial charge in [0.05, 0.1) is 12.8 Å². The van der Waals surface area contributed by atoms with Crippen molar-refractivity contribution in [3.8, 4) is 5.75 Å². The molecule has 9 nitrogen and oxygen atoms in total. The van der Waals surface area contributed by atoms with E-state index in [1.54, 1.807) is 36.4 Å². The highest BCUT2D eigenvalue weighted by molar-refractivity contribution is 7.09. The number of rotatable bonds is 9. The normalized spacial score (nSPS) is 14.5. The van der Waals surface area contributed by atoms with Crippen LogP contribution in [0.15, 0.2) is 48.5 Å². The molecule has 0 saturated heterocycles. The lowest BCUT2D eigenvalue weighted by atomic mass is 9.94. The summed E-state index contributed by atoms with van der Waals surface area (Å²) in [6.07, 6.45) is 4.87. The molecule has 2 aromatic carbocycles. The number of aromatic nitrogens is 1. The van der Waals surface area contributed by atoms with Crippen LogP contribution in [-0.2, 0) is 11.3 Å². The molecule has 11 heteroatoms. The number of nitrogens with one attached hydrogen (secondary N) is 1. The van der Waals surface area contributed by atoms with E-state index in [1.807, 2.05) is 0 Å². The molecule has 1 fully saturated rings. The van der Waals surface area contributed by atoms with Crippen LogP contribution in [-0.4, -0.2) is 40.1 Å². The van der Waals surface area contributed by atoms with Gasteiger partial charge in [0.2, 0.25) is 5.91 Å². The van der Waals surface area contributed by atoms with Crippen LogP contribution in [0.4, 0.5) is 10.1 Å². The molecule has 38 heavy (non-hydrogen) atoms. The van der Waals surface area contributed by atoms with Gasteiger partial charge in [-0.05, 0) is 59.8 Å². The van der Waals surface area contributed by atoms with Crippen molar-refractivity contribution in [3.63, 3.8) is 0 Å². The lowest BCUT2D eigenvalue weighted by Gasteiger charge is -2.33. The number of halogens is 1. The number of nitrogens with zero attached hydrogens (tertiary/aromatic N) is 2. The van der Waals surface area contributed by atoms with Crippen molar-refractivity contribution in [1.82, 2.24) is 14.6 Å². The number of methoxy groups -OCH3 is 1. The van der Waals surface area contributed by atoms with Gasteiger partial charge >= 0.3 is 0 Å². The van der Waals surface area contributed by atoms with E-state index in [1.165, 1.54) is 24.1 Å². The Labute approximate surface area is 224 Å². The maximum atomic E-state index is 14.0. The molecular formula is C27H30FN5O4S. The van der Waals surface area contributed by atoms with Crippen molar-refractivity contribution >= 4 is 34.9 Å². The second kappa shape index (κ2) is 12.0. The van der Waals surface area contributed by atoms with Gasteiger partial charge in [0.25, 0.3) is 11.8 Å². The molecule has 4 rings (SSSR count). The van der Waals surface area contributed by atoms with E-state index >= 15 is 0 Å². The third kappa shape index (κ3) is 6.10. The van der Waals surface area contributed by atoms with Gasteiger partial charge in [0.1, 0.15) is 22.5 Å². The number of carbonyl (C=O) groups is 3. The summed E-state index contributed by atoms with van der Waals surface area (Å²) in [7, 11) is 1.54. The highest BCUT2D eigenvalue weighted by atomic mass is 32.1. The van der Waals surface area contributed by atoms with Crippen LogP contribution >= 0.6 is 11.5 Å². The maximum Gasteiger partial charge on any atom is 0.270 e. The summed E-state index contributed by atoms with van der Waals surface area (Å²) < 4.78 is 22.9. The zero-order valence-electron chi connectivity index (χ0n) is 21.0. The van der Waals surface area contributed by atoms with E-state index in [0.717, 1.165) is 43.6 Å². The molecule has 1 heterocycles. The van der Waals surface area contributed by atoms with Gasteiger partial charge in [-0.3, -0.25) is 14.4 Å². The Morgan fingerprint density at radius 2 is 1.76 bits per heavy atom. The summed E-state index contributed by atoms with van der Waals surface area (Å²) in [5.74, 6) is -1.64. The Morgan fingerprint density at radius 3 is 2.34 bits per heavy atom. The maximum absolute atomic E-state index is 14.0. The first-order valence-electron chi connectivity index (χ1n) is 12.3. The average molecular weight is 540 g/mol. The Morgan fingerprint density at radius 1 is 1.11 bits per heavy atom. The van der Waals surface area contributed by atoms with Crippen molar-refractivity contribution in [2.75, 3.05) is 12.8 Å². The van der Waals surface area contributed by atoms with Gasteiger partial charge in [0.15, 0.2) is 5.69 Å². The average Bonchev–Trinajstić information content (AvgIpc) is 3.31. The molecule has 0 aliphatic heterocycles. The predicted octanol–water partition coefficient (Wildman–Crippen LogP) is 3.80. The Bertz CT molecular complexity index is 1290. The smallest absolute Gasteiger partial charge is 0.270 e. The van der Waals surface area contributed by atoms with Crippen molar-refractivity contribution in [1.29, 1.82) is 0 Å². The van der Waals surface area contributed by atoms with E-state index < -0.39 is 23.7 Å². The zero-order valence-corrected chi connectivity index (χ0v) is 21.8. The van der Waals surface area contributed by atoms with Gasteiger partial charge in [-0.25, -0.2) is 4.39 Å². The molecule has 200 valence electrons. The Hall–Kier alpha value is -3.99. The summed E-state index contributed by atoms with van der Waals surface area (Å²) in [6, 6.07) is 11.5. The van der Waals surface area contributed by atoms with Crippen molar-refractivity contribution < 1.29 is 23.5 Å². The van der Waals surface area contributed by atoms with Crippen LogP contribution in [0, 0.1) is 5.82 Å². The molecule has 5 N–H and O–H groups in total. The van der Waals surface area contributed by atoms with Crippen molar-refractivity contribution in [3.05, 3.63) is 76.0 Å². The molecule has 0 bridgehead atoms. The van der Waals surface area contributed by atoms with Crippen LogP contribution < -0.4 is 21.5 Å². The summed E-state index contributed by atoms with van der Waals surface area (Å²) in [5, 5.41) is 3.12. The number of nitrogens with two attached hydrogens (primary N) is 2. The number of benzene rings is 2. The molecule has 1 saturated carbocycles. The van der Waals surface area contributed by atoms with E-state index in [0.29, 0.717) is 16.9 Å². The number of nitrogen functional groups attached to an aromatic ring is 1. The van der Waals surface area contributed by atoms with E-state index in [2.05, 4.69) is 9.69 Å². The minimum absolute atomic E-state index is 0.00490. The number of ether oxygens (including phenoxy) is 1. The lowest BCUT2D eigenvalue weighted by Crippen LogP contribution is -2.46. The first-order valence-corrected chi connectivity index (χ1v) is 13.1. The fourth-order valence-corrected chi connectivity index (χ4v) is 5.37. The van der Waals surface area contributed by atoms with E-state index in [-0.39, 0.29) is 34.8 Å². The number of primary amides is 1. The standard InChI is InChI=1S/C27H30FN5O4S/c1-37-20-13-9-17(10-14-20)23(26(35)31-19-5-3-2-4-6-19)33(15-16-7-11-18(28)12-8-16)27(36)24-21(29)22(25(30)34)32-38-24/h7-14,19,23H,2-6,15,29H2,1H3,(H2,30,34)(H,31,35)/t23-/m0/s1. The largest absolute Gasteiger partial charge is 0.497 e. The van der Waals surface area contributed by atoms with Gasteiger partial charge in [0, 0.05) is 12.6 Å². The Balaban J connectivity index is 1.78. The van der Waals surface area contributed by atoms with E-state index in [4.69, 9.17) is 16.2 Å². The van der Waals surface area contributed by atoms with Crippen LogP contribution in [0.1, 0.15) is 69.4 Å². The van der Waals surface area contributed by atoms with Crippen LogP contribution in [0.5, 0.6) is 5.75 Å². The monoisotopic (exact) mass is 539 g/mol. The number of hydrogen-bond donors (Lipinski definition) is 3. The third-order valence-electron chi connectivity index (χ3n) is 6.63. The fourth-order valence-electron chi connectivity index (χ4n) is 4.61. The van der Waals surface area contributed by atoms with E-state index in [9.17, 15) is 18.8 Å². The molecule has 1 aliphatic carbocycles. The van der Waals surface area contributed by atoms with Crippen LogP contribution in [0.3, 0.4) is 0 Å². The van der Waals surface area contributed by atoms with Gasteiger partial charge in [-0.15, -0.1) is 0 Å². The predicted molar refractivity (Wildman–Crippen MR) is 142 cm³/mol. The fraction of sp³-hybridized carbons (Fsp3) is 0.333. The molecule has 1 aromatic heterocycles. The summed E-state index contributed by atoms with van der Waals surface area (Å²) in [4.78, 5) is 41.0. The van der Waals surface area contributed by atoms with Gasteiger partial charge < -0.3 is 26.4 Å². The molecule has 0 spiro atoms. The minimum atomic E-state index is -1.06. The summed E-state index contributed by atoms with van der Waals surface area (Å²) in [5.41, 5.74) is 12.3. The second-order valence-electron chi connectivity index (χ2n) is 9.22. The summed E-state index contributed by atoms with van der Waals surface area (Å²) >= 11 is 0.741. The molecule has 1 atom stereocenters. The van der Waals surface area contributed by atoms with Gasteiger partial charge in [-0.2, -0.15) is 4.37 Å². The van der Waals surface area contributed by atoms with Gasteiger partial charge in [-0.1, -0.05) is 43.5 Å². The number of carbonyl (C=O) groups excluding carboxylic acids is 3. The molecular weight excluding hydrogens is 509 g/mol. The molecule has 0 unspecified atom stereocenters. The van der Waals surface area contributed by atoms with Crippen LogP contribution in [0.25, 0.3) is 0 Å². The Kier molecular flexibility index (Phi) is 8.57. The number of hydrogen-bond acceptors (Lipinski definition) is 7. The number of amides is 3. The molecule has 3 amide bonds. The first kappa shape index (κ1) is 27.1. The second-order valence-corrected chi connectivity index (χ2v) is 9.99. The zero-order chi connectivity index (χ0) is 27.2. The first-order chi connectivity index (χ1) is 18.3. The summed E-state index contributed by atoms with van der Waals surface area (Å²) in [6.45, 7) is -0.0306.